The highest BCUT2D eigenvalue weighted by Crippen LogP contribution is 2.26. The van der Waals surface area contributed by atoms with Crippen molar-refractivity contribution in [3.05, 3.63) is 69.3 Å². The molecule has 2 heterocycles. The van der Waals surface area contributed by atoms with E-state index in [9.17, 15) is 4.79 Å². The van der Waals surface area contributed by atoms with Gasteiger partial charge in [-0.3, -0.25) is 4.79 Å². The first kappa shape index (κ1) is 12.8. The zero-order chi connectivity index (χ0) is 14.4. The minimum absolute atomic E-state index is 0.0362. The highest BCUT2D eigenvalue weighted by molar-refractivity contribution is 9.10. The van der Waals surface area contributed by atoms with Crippen LogP contribution >= 0.6 is 15.9 Å². The maximum absolute atomic E-state index is 12.8. The second-order valence-corrected chi connectivity index (χ2v) is 6.11. The number of carbonyl (C=O) groups excluding carboxylic acids is 1. The monoisotopic (exact) mass is 341 g/mol. The maximum Gasteiger partial charge on any atom is 0.195 e. The summed E-state index contributed by atoms with van der Waals surface area (Å²) in [4.78, 5) is 15.9. The standard InChI is InChI=1S/C17H12BrNO2/c18-13-3-4-16-14(6-13)15(7-19-16)17(20)10-1-2-11-8-21-9-12(11)5-10/h1-7,19H,8-9H2. The van der Waals surface area contributed by atoms with Crippen LogP contribution in [0.5, 0.6) is 0 Å². The molecule has 1 aliphatic rings. The molecule has 0 saturated heterocycles. The Bertz CT molecular complexity index is 866. The fraction of sp³-hybridized carbons (Fsp3) is 0.118. The molecule has 0 aliphatic carbocycles. The number of ether oxygens (including phenoxy) is 1. The molecule has 4 rings (SSSR count). The highest BCUT2D eigenvalue weighted by atomic mass is 79.9. The molecule has 1 aliphatic heterocycles. The van der Waals surface area contributed by atoms with E-state index >= 15 is 0 Å². The summed E-state index contributed by atoms with van der Waals surface area (Å²) in [6.07, 6.45) is 1.78. The van der Waals surface area contributed by atoms with E-state index in [1.54, 1.807) is 6.20 Å². The number of fused-ring (bicyclic) bond motifs is 2. The van der Waals surface area contributed by atoms with Gasteiger partial charge in [0.25, 0.3) is 0 Å². The van der Waals surface area contributed by atoms with Crippen molar-refractivity contribution in [2.24, 2.45) is 0 Å². The van der Waals surface area contributed by atoms with Crippen molar-refractivity contribution >= 4 is 32.6 Å². The third-order valence-electron chi connectivity index (χ3n) is 3.87. The molecule has 0 saturated carbocycles. The minimum Gasteiger partial charge on any atom is -0.372 e. The van der Waals surface area contributed by atoms with Crippen LogP contribution in [0.4, 0.5) is 0 Å². The van der Waals surface area contributed by atoms with Crippen LogP contribution in [-0.2, 0) is 18.0 Å². The van der Waals surface area contributed by atoms with Crippen molar-refractivity contribution < 1.29 is 9.53 Å². The number of benzene rings is 2. The number of H-pyrrole nitrogens is 1. The summed E-state index contributed by atoms with van der Waals surface area (Å²) in [6.45, 7) is 1.24. The van der Waals surface area contributed by atoms with Crippen LogP contribution in [0.25, 0.3) is 10.9 Å². The molecule has 0 amide bonds. The normalized spacial score (nSPS) is 13.6. The van der Waals surface area contributed by atoms with Crippen molar-refractivity contribution in [1.82, 2.24) is 4.98 Å². The number of aromatic amines is 1. The number of carbonyl (C=O) groups is 1. The van der Waals surface area contributed by atoms with Gasteiger partial charge < -0.3 is 9.72 Å². The van der Waals surface area contributed by atoms with E-state index in [1.807, 2.05) is 36.4 Å². The van der Waals surface area contributed by atoms with Gasteiger partial charge >= 0.3 is 0 Å². The van der Waals surface area contributed by atoms with Crippen molar-refractivity contribution in [3.63, 3.8) is 0 Å². The zero-order valence-corrected chi connectivity index (χ0v) is 12.7. The fourth-order valence-electron chi connectivity index (χ4n) is 2.75. The lowest BCUT2D eigenvalue weighted by molar-refractivity contribution is 0.104. The van der Waals surface area contributed by atoms with Gasteiger partial charge in [-0.1, -0.05) is 28.1 Å². The average molecular weight is 342 g/mol. The molecular weight excluding hydrogens is 330 g/mol. The van der Waals surface area contributed by atoms with Gasteiger partial charge in [0.05, 0.1) is 13.2 Å². The first-order valence-corrected chi connectivity index (χ1v) is 7.52. The van der Waals surface area contributed by atoms with Gasteiger partial charge in [-0.05, 0) is 35.4 Å². The Hall–Kier alpha value is -1.91. The Balaban J connectivity index is 1.81. The lowest BCUT2D eigenvalue weighted by Gasteiger charge is -2.03. The number of nitrogens with one attached hydrogen (secondary N) is 1. The number of rotatable bonds is 2. The van der Waals surface area contributed by atoms with E-state index in [-0.39, 0.29) is 5.78 Å². The smallest absolute Gasteiger partial charge is 0.195 e. The van der Waals surface area contributed by atoms with Crippen LogP contribution in [0.2, 0.25) is 0 Å². The first-order valence-electron chi connectivity index (χ1n) is 6.73. The summed E-state index contributed by atoms with van der Waals surface area (Å²) < 4.78 is 6.37. The average Bonchev–Trinajstić information content (AvgIpc) is 3.11. The summed E-state index contributed by atoms with van der Waals surface area (Å²) in [6, 6.07) is 11.7. The van der Waals surface area contributed by atoms with Crippen LogP contribution in [0.3, 0.4) is 0 Å². The Morgan fingerprint density at radius 3 is 2.86 bits per heavy atom. The van der Waals surface area contributed by atoms with Crippen molar-refractivity contribution in [2.75, 3.05) is 0 Å². The number of aromatic nitrogens is 1. The fourth-order valence-corrected chi connectivity index (χ4v) is 3.11. The van der Waals surface area contributed by atoms with Gasteiger partial charge in [0.2, 0.25) is 0 Å². The predicted octanol–water partition coefficient (Wildman–Crippen LogP) is 4.19. The SMILES string of the molecule is O=C(c1ccc2c(c1)COC2)c1c[nH]c2ccc(Br)cc12. The van der Waals surface area contributed by atoms with Gasteiger partial charge in [0.15, 0.2) is 5.78 Å². The molecule has 3 aromatic rings. The van der Waals surface area contributed by atoms with E-state index in [4.69, 9.17) is 4.74 Å². The lowest BCUT2D eigenvalue weighted by atomic mass is 9.99. The number of hydrogen-bond donors (Lipinski definition) is 1. The van der Waals surface area contributed by atoms with E-state index in [2.05, 4.69) is 20.9 Å². The molecular formula is C17H12BrNO2. The number of hydrogen-bond acceptors (Lipinski definition) is 2. The van der Waals surface area contributed by atoms with Crippen LogP contribution < -0.4 is 0 Å². The molecule has 2 aromatic carbocycles. The summed E-state index contributed by atoms with van der Waals surface area (Å²) in [5, 5.41) is 0.936. The van der Waals surface area contributed by atoms with Crippen LogP contribution in [0.15, 0.2) is 47.1 Å². The Kier molecular flexibility index (Phi) is 2.94. The van der Waals surface area contributed by atoms with Crippen LogP contribution in [-0.4, -0.2) is 10.8 Å². The third kappa shape index (κ3) is 2.11. The molecule has 4 heteroatoms. The summed E-state index contributed by atoms with van der Waals surface area (Å²) in [7, 11) is 0. The Morgan fingerprint density at radius 1 is 1.10 bits per heavy atom. The lowest BCUT2D eigenvalue weighted by Crippen LogP contribution is -2.01. The predicted molar refractivity (Wildman–Crippen MR) is 84.4 cm³/mol. The van der Waals surface area contributed by atoms with Gasteiger partial charge in [0, 0.05) is 32.7 Å². The van der Waals surface area contributed by atoms with Gasteiger partial charge in [0.1, 0.15) is 0 Å². The molecule has 0 fully saturated rings. The molecule has 1 aromatic heterocycles. The van der Waals surface area contributed by atoms with Gasteiger partial charge in [-0.25, -0.2) is 0 Å². The minimum atomic E-state index is 0.0362. The van der Waals surface area contributed by atoms with Gasteiger partial charge in [-0.2, -0.15) is 0 Å². The largest absolute Gasteiger partial charge is 0.372 e. The highest BCUT2D eigenvalue weighted by Gasteiger charge is 2.18. The van der Waals surface area contributed by atoms with Crippen molar-refractivity contribution in [1.29, 1.82) is 0 Å². The second-order valence-electron chi connectivity index (χ2n) is 5.20. The molecule has 1 N–H and O–H groups in total. The van der Waals surface area contributed by atoms with E-state index in [0.717, 1.165) is 20.9 Å². The summed E-state index contributed by atoms with van der Waals surface area (Å²) in [5.74, 6) is 0.0362. The van der Waals surface area contributed by atoms with E-state index in [1.165, 1.54) is 5.56 Å². The number of halogens is 1. The van der Waals surface area contributed by atoms with Gasteiger partial charge in [-0.15, -0.1) is 0 Å². The first-order chi connectivity index (χ1) is 10.2. The molecule has 0 bridgehead atoms. The maximum atomic E-state index is 12.8. The molecule has 0 atom stereocenters. The molecule has 3 nitrogen and oxygen atoms in total. The van der Waals surface area contributed by atoms with E-state index < -0.39 is 0 Å². The second kappa shape index (κ2) is 4.83. The summed E-state index contributed by atoms with van der Waals surface area (Å²) >= 11 is 3.46. The molecule has 0 unspecified atom stereocenters. The van der Waals surface area contributed by atoms with Crippen LogP contribution in [0, 0.1) is 0 Å². The Labute approximate surface area is 130 Å². The molecule has 0 spiro atoms. The van der Waals surface area contributed by atoms with Crippen LogP contribution in [0.1, 0.15) is 27.0 Å². The number of ketones is 1. The zero-order valence-electron chi connectivity index (χ0n) is 11.2. The van der Waals surface area contributed by atoms with E-state index in [0.29, 0.717) is 24.3 Å². The van der Waals surface area contributed by atoms with Crippen molar-refractivity contribution in [2.45, 2.75) is 13.2 Å². The third-order valence-corrected chi connectivity index (χ3v) is 4.37. The van der Waals surface area contributed by atoms with Crippen molar-refractivity contribution in [3.8, 4) is 0 Å². The summed E-state index contributed by atoms with van der Waals surface area (Å²) in [5.41, 5.74) is 4.66. The molecule has 21 heavy (non-hydrogen) atoms. The topological polar surface area (TPSA) is 42.1 Å². The quantitative estimate of drug-likeness (QED) is 0.710. The Morgan fingerprint density at radius 2 is 1.95 bits per heavy atom. The molecule has 0 radical (unpaired) electrons. The molecule has 104 valence electrons.